The molecule has 1 aromatic carbocycles. The van der Waals surface area contributed by atoms with Gasteiger partial charge in [0.05, 0.1) is 0 Å². The van der Waals surface area contributed by atoms with Crippen molar-refractivity contribution in [2.24, 2.45) is 0 Å². The van der Waals surface area contributed by atoms with Gasteiger partial charge in [-0.25, -0.2) is 13.8 Å². The summed E-state index contributed by atoms with van der Waals surface area (Å²) < 4.78 is 27.0. The van der Waals surface area contributed by atoms with E-state index in [0.717, 1.165) is 42.0 Å². The van der Waals surface area contributed by atoms with Crippen molar-refractivity contribution < 1.29 is 8.78 Å². The molecule has 2 heterocycles. The molecule has 0 bridgehead atoms. The van der Waals surface area contributed by atoms with E-state index < -0.39 is 6.43 Å². The molecule has 0 atom stereocenters. The number of fused-ring (bicyclic) bond motifs is 1. The SMILES string of the molecule is CCCCCCC.CNc1ccc(-c2cc3c(cc2C(F)F)N(C)CCC3)cn1. The van der Waals surface area contributed by atoms with Crippen LogP contribution in [-0.4, -0.2) is 25.6 Å². The summed E-state index contributed by atoms with van der Waals surface area (Å²) in [7, 11) is 3.73. The van der Waals surface area contributed by atoms with E-state index in [1.165, 1.54) is 32.1 Å². The average molecular weight is 404 g/mol. The van der Waals surface area contributed by atoms with E-state index in [1.54, 1.807) is 25.4 Å². The number of pyridine rings is 1. The van der Waals surface area contributed by atoms with Crippen molar-refractivity contribution in [2.75, 3.05) is 30.9 Å². The Kier molecular flexibility index (Phi) is 9.36. The van der Waals surface area contributed by atoms with E-state index in [0.29, 0.717) is 5.56 Å². The van der Waals surface area contributed by atoms with Gasteiger partial charge in [-0.1, -0.05) is 46.0 Å². The first-order valence-corrected chi connectivity index (χ1v) is 10.8. The Balaban J connectivity index is 0.000000370. The Morgan fingerprint density at radius 3 is 2.38 bits per heavy atom. The average Bonchev–Trinajstić information content (AvgIpc) is 2.74. The number of nitrogens with one attached hydrogen (secondary N) is 1. The summed E-state index contributed by atoms with van der Waals surface area (Å²) in [5.41, 5.74) is 3.44. The van der Waals surface area contributed by atoms with Crippen LogP contribution in [0.15, 0.2) is 30.5 Å². The van der Waals surface area contributed by atoms with Gasteiger partial charge in [-0.3, -0.25) is 0 Å². The number of benzene rings is 1. The van der Waals surface area contributed by atoms with Crippen LogP contribution >= 0.6 is 0 Å². The number of alkyl halides is 2. The van der Waals surface area contributed by atoms with Gasteiger partial charge in [-0.15, -0.1) is 0 Å². The normalized spacial score (nSPS) is 13.0. The van der Waals surface area contributed by atoms with Crippen LogP contribution < -0.4 is 10.2 Å². The molecule has 0 unspecified atom stereocenters. The molecule has 29 heavy (non-hydrogen) atoms. The van der Waals surface area contributed by atoms with Gasteiger partial charge < -0.3 is 10.2 Å². The molecule has 1 N–H and O–H groups in total. The van der Waals surface area contributed by atoms with Crippen molar-refractivity contribution in [3.05, 3.63) is 41.6 Å². The Bertz CT molecular complexity index is 741. The molecule has 0 amide bonds. The monoisotopic (exact) mass is 403 g/mol. The van der Waals surface area contributed by atoms with Crippen LogP contribution in [0.5, 0.6) is 0 Å². The second kappa shape index (κ2) is 11.7. The number of rotatable bonds is 7. The zero-order valence-electron chi connectivity index (χ0n) is 18.3. The molecule has 160 valence electrons. The number of aromatic nitrogens is 1. The molecule has 0 saturated carbocycles. The maximum atomic E-state index is 13.5. The molecule has 0 fully saturated rings. The lowest BCUT2D eigenvalue weighted by Gasteiger charge is -2.29. The lowest BCUT2D eigenvalue weighted by atomic mass is 9.93. The first-order chi connectivity index (χ1) is 14.0. The molecule has 3 rings (SSSR count). The van der Waals surface area contributed by atoms with Gasteiger partial charge in [0.25, 0.3) is 6.43 Å². The minimum atomic E-state index is -2.50. The topological polar surface area (TPSA) is 28.2 Å². The number of aryl methyl sites for hydroxylation is 1. The zero-order valence-corrected chi connectivity index (χ0v) is 18.3. The predicted octanol–water partition coefficient (Wildman–Crippen LogP) is 7.09. The lowest BCUT2D eigenvalue weighted by molar-refractivity contribution is 0.152. The molecule has 1 aromatic heterocycles. The molecule has 5 heteroatoms. The summed E-state index contributed by atoms with van der Waals surface area (Å²) in [6, 6.07) is 7.18. The third kappa shape index (κ3) is 6.41. The number of hydrogen-bond acceptors (Lipinski definition) is 3. The van der Waals surface area contributed by atoms with E-state index in [1.807, 2.05) is 19.2 Å². The Hall–Kier alpha value is -2.17. The summed E-state index contributed by atoms with van der Waals surface area (Å²) in [4.78, 5) is 6.29. The number of halogens is 2. The molecule has 0 aliphatic carbocycles. The highest BCUT2D eigenvalue weighted by molar-refractivity contribution is 5.74. The molecule has 3 nitrogen and oxygen atoms in total. The summed E-state index contributed by atoms with van der Waals surface area (Å²) in [6.45, 7) is 5.40. The van der Waals surface area contributed by atoms with Gasteiger partial charge in [0, 0.05) is 43.7 Å². The van der Waals surface area contributed by atoms with Crippen molar-refractivity contribution in [1.82, 2.24) is 4.98 Å². The highest BCUT2D eigenvalue weighted by atomic mass is 19.3. The fraction of sp³-hybridized carbons (Fsp3) is 0.542. The molecule has 0 spiro atoms. The van der Waals surface area contributed by atoms with Gasteiger partial charge in [-0.05, 0) is 48.2 Å². The van der Waals surface area contributed by atoms with Gasteiger partial charge >= 0.3 is 0 Å². The number of hydrogen-bond donors (Lipinski definition) is 1. The van der Waals surface area contributed by atoms with Crippen molar-refractivity contribution in [3.8, 4) is 11.1 Å². The largest absolute Gasteiger partial charge is 0.374 e. The van der Waals surface area contributed by atoms with Crippen molar-refractivity contribution in [3.63, 3.8) is 0 Å². The van der Waals surface area contributed by atoms with E-state index in [4.69, 9.17) is 0 Å². The second-order valence-electron chi connectivity index (χ2n) is 7.64. The van der Waals surface area contributed by atoms with E-state index >= 15 is 0 Å². The fourth-order valence-corrected chi connectivity index (χ4v) is 3.64. The third-order valence-corrected chi connectivity index (χ3v) is 5.37. The molecule has 1 aliphatic rings. The van der Waals surface area contributed by atoms with E-state index in [9.17, 15) is 8.78 Å². The van der Waals surface area contributed by atoms with Crippen LogP contribution in [0.4, 0.5) is 20.3 Å². The van der Waals surface area contributed by atoms with E-state index in [2.05, 4.69) is 29.0 Å². The van der Waals surface area contributed by atoms with Crippen LogP contribution in [0, 0.1) is 0 Å². The Morgan fingerprint density at radius 1 is 1.10 bits per heavy atom. The molecule has 0 radical (unpaired) electrons. The molecular weight excluding hydrogens is 368 g/mol. The van der Waals surface area contributed by atoms with Crippen LogP contribution in [0.3, 0.4) is 0 Å². The van der Waals surface area contributed by atoms with Gasteiger partial charge in [0.15, 0.2) is 0 Å². The maximum absolute atomic E-state index is 13.5. The second-order valence-corrected chi connectivity index (χ2v) is 7.64. The quantitative estimate of drug-likeness (QED) is 0.500. The number of anilines is 2. The molecule has 2 aromatic rings. The highest BCUT2D eigenvalue weighted by Gasteiger charge is 2.21. The minimum Gasteiger partial charge on any atom is -0.374 e. The smallest absolute Gasteiger partial charge is 0.264 e. The van der Waals surface area contributed by atoms with E-state index in [-0.39, 0.29) is 5.56 Å². The summed E-state index contributed by atoms with van der Waals surface area (Å²) in [5.74, 6) is 0.722. The third-order valence-electron chi connectivity index (χ3n) is 5.37. The first kappa shape index (κ1) is 23.1. The predicted molar refractivity (Wildman–Crippen MR) is 120 cm³/mol. The van der Waals surface area contributed by atoms with Crippen molar-refractivity contribution in [2.45, 2.75) is 65.2 Å². The standard InChI is InChI=1S/C17H19F2N3.C7H16/c1-20-16-6-5-12(10-21-16)13-8-11-4-3-7-22(2)15(11)9-14(13)17(18)19;1-3-5-7-6-4-2/h5-6,8-10,17H,3-4,7H2,1-2H3,(H,20,21);3-7H2,1-2H3. The van der Waals surface area contributed by atoms with Gasteiger partial charge in [0.1, 0.15) is 5.82 Å². The van der Waals surface area contributed by atoms with Crippen LogP contribution in [0.25, 0.3) is 11.1 Å². The number of nitrogens with zero attached hydrogens (tertiary/aromatic N) is 2. The Labute approximate surface area is 174 Å². The lowest BCUT2D eigenvalue weighted by Crippen LogP contribution is -2.25. The fourth-order valence-electron chi connectivity index (χ4n) is 3.64. The van der Waals surface area contributed by atoms with Gasteiger partial charge in [-0.2, -0.15) is 0 Å². The van der Waals surface area contributed by atoms with Crippen LogP contribution in [0.2, 0.25) is 0 Å². The van der Waals surface area contributed by atoms with Gasteiger partial charge in [0.2, 0.25) is 0 Å². The minimum absolute atomic E-state index is 0.0755. The summed E-state index contributed by atoms with van der Waals surface area (Å²) in [6.07, 6.45) is 8.13. The van der Waals surface area contributed by atoms with Crippen molar-refractivity contribution >= 4 is 11.5 Å². The summed E-state index contributed by atoms with van der Waals surface area (Å²) >= 11 is 0. The maximum Gasteiger partial charge on any atom is 0.264 e. The highest BCUT2D eigenvalue weighted by Crippen LogP contribution is 2.38. The molecular formula is C24H35F2N3. The van der Waals surface area contributed by atoms with Crippen LogP contribution in [-0.2, 0) is 6.42 Å². The zero-order chi connectivity index (χ0) is 21.2. The number of unbranched alkanes of at least 4 members (excludes halogenated alkanes) is 4. The molecule has 1 aliphatic heterocycles. The summed E-state index contributed by atoms with van der Waals surface area (Å²) in [5, 5.41) is 2.93. The van der Waals surface area contributed by atoms with Crippen molar-refractivity contribution in [1.29, 1.82) is 0 Å². The van der Waals surface area contributed by atoms with Crippen LogP contribution in [0.1, 0.15) is 69.9 Å². The molecule has 0 saturated heterocycles. The first-order valence-electron chi connectivity index (χ1n) is 10.8. The Morgan fingerprint density at radius 2 is 1.83 bits per heavy atom.